The molecule has 0 saturated carbocycles. The van der Waals surface area contributed by atoms with E-state index in [-0.39, 0.29) is 0 Å². The van der Waals surface area contributed by atoms with Gasteiger partial charge in [0.05, 0.1) is 0 Å². The summed E-state index contributed by atoms with van der Waals surface area (Å²) < 4.78 is 2.15. The largest absolute Gasteiger partial charge is 0.387 e. The van der Waals surface area contributed by atoms with Crippen LogP contribution in [0, 0.1) is 0 Å². The second-order valence-electron chi connectivity index (χ2n) is 2.79. The van der Waals surface area contributed by atoms with Gasteiger partial charge in [0.2, 0.25) is 11.8 Å². The number of hydrogen-bond acceptors (Lipinski definition) is 1. The van der Waals surface area contributed by atoms with Gasteiger partial charge >= 0.3 is 6.20 Å². The Kier molecular flexibility index (Phi) is 4.96. The standard InChI is InChI=1S/C6H14ClNPS/c1-5(2)8(6(3)4)9(7)10/h5-6H,1-4H3/q+1. The maximum absolute atomic E-state index is 5.84. The number of hydrogen-bond donors (Lipinski definition) is 0. The van der Waals surface area contributed by atoms with E-state index in [0.29, 0.717) is 12.1 Å². The zero-order valence-corrected chi connectivity index (χ0v) is 9.30. The summed E-state index contributed by atoms with van der Waals surface area (Å²) in [6.07, 6.45) is -0.854. The zero-order valence-electron chi connectivity index (χ0n) is 6.84. The molecule has 0 aliphatic heterocycles. The molecule has 0 fully saturated rings. The minimum absolute atomic E-state index is 0.459. The van der Waals surface area contributed by atoms with E-state index >= 15 is 0 Å². The smallest absolute Gasteiger partial charge is 0.0997 e. The Balaban J connectivity index is 4.12. The van der Waals surface area contributed by atoms with Crippen molar-refractivity contribution in [2.24, 2.45) is 0 Å². The number of nitrogens with zero attached hydrogens (tertiary/aromatic N) is 1. The molecule has 1 nitrogen and oxygen atoms in total. The summed E-state index contributed by atoms with van der Waals surface area (Å²) in [4.78, 5) is 0. The molecule has 0 rings (SSSR count). The van der Waals surface area contributed by atoms with E-state index in [1.165, 1.54) is 0 Å². The Bertz CT molecular complexity index is 119. The molecule has 0 heterocycles. The van der Waals surface area contributed by atoms with Gasteiger partial charge in [-0.05, 0) is 27.7 Å². The van der Waals surface area contributed by atoms with E-state index in [4.69, 9.17) is 23.0 Å². The predicted octanol–water partition coefficient (Wildman–Crippen LogP) is 3.12. The van der Waals surface area contributed by atoms with E-state index in [1.54, 1.807) is 0 Å². The molecule has 0 radical (unpaired) electrons. The lowest BCUT2D eigenvalue weighted by Gasteiger charge is -2.17. The fourth-order valence-electron chi connectivity index (χ4n) is 0.959. The van der Waals surface area contributed by atoms with Crippen molar-refractivity contribution in [3.8, 4) is 0 Å². The highest BCUT2D eigenvalue weighted by molar-refractivity contribution is 8.16. The minimum atomic E-state index is -0.854. The molecule has 0 aromatic carbocycles. The van der Waals surface area contributed by atoms with Gasteiger partial charge in [0.1, 0.15) is 0 Å². The fraction of sp³-hybridized carbons (Fsp3) is 1.00. The van der Waals surface area contributed by atoms with Crippen molar-refractivity contribution in [2.45, 2.75) is 39.8 Å². The van der Waals surface area contributed by atoms with Gasteiger partial charge in [-0.15, -0.1) is 0 Å². The SMILES string of the molecule is CC(C)N(C(C)C)[P+](=S)Cl. The molecule has 0 aliphatic rings. The highest BCUT2D eigenvalue weighted by Crippen LogP contribution is 2.36. The van der Waals surface area contributed by atoms with Crippen molar-refractivity contribution in [1.29, 1.82) is 0 Å². The van der Waals surface area contributed by atoms with Gasteiger partial charge in [0.25, 0.3) is 0 Å². The normalized spacial score (nSPS) is 13.4. The van der Waals surface area contributed by atoms with E-state index in [2.05, 4.69) is 32.4 Å². The second kappa shape index (κ2) is 4.61. The second-order valence-corrected chi connectivity index (χ2v) is 6.31. The molecular formula is C6H14ClNPS+. The van der Waals surface area contributed by atoms with Crippen LogP contribution in [-0.2, 0) is 11.8 Å². The fourth-order valence-corrected chi connectivity index (χ4v) is 3.86. The van der Waals surface area contributed by atoms with Crippen LogP contribution in [0.4, 0.5) is 0 Å². The van der Waals surface area contributed by atoms with Crippen LogP contribution in [0.3, 0.4) is 0 Å². The third kappa shape index (κ3) is 3.25. The van der Waals surface area contributed by atoms with Gasteiger partial charge in [-0.3, -0.25) is 0 Å². The topological polar surface area (TPSA) is 3.24 Å². The van der Waals surface area contributed by atoms with Crippen LogP contribution in [-0.4, -0.2) is 16.8 Å². The van der Waals surface area contributed by atoms with E-state index in [0.717, 1.165) is 0 Å². The highest BCUT2D eigenvalue weighted by atomic mass is 35.7. The summed E-state index contributed by atoms with van der Waals surface area (Å²) in [6.45, 7) is 8.46. The summed E-state index contributed by atoms with van der Waals surface area (Å²) in [6, 6.07) is 0.919. The van der Waals surface area contributed by atoms with Crippen molar-refractivity contribution >= 4 is 29.2 Å². The van der Waals surface area contributed by atoms with Gasteiger partial charge in [0, 0.05) is 12.1 Å². The zero-order chi connectivity index (χ0) is 8.31. The average Bonchev–Trinajstić information content (AvgIpc) is 1.59. The first-order valence-corrected chi connectivity index (χ1v) is 6.59. The molecule has 0 amide bonds. The summed E-state index contributed by atoms with van der Waals surface area (Å²) in [5.41, 5.74) is 0. The summed E-state index contributed by atoms with van der Waals surface area (Å²) >= 11 is 10.8. The molecule has 1 unspecified atom stereocenters. The third-order valence-corrected chi connectivity index (χ3v) is 3.62. The van der Waals surface area contributed by atoms with Crippen molar-refractivity contribution in [2.75, 3.05) is 0 Å². The molecule has 0 N–H and O–H groups in total. The first kappa shape index (κ1) is 10.8. The Morgan fingerprint density at radius 2 is 1.50 bits per heavy atom. The van der Waals surface area contributed by atoms with Gasteiger partial charge in [0.15, 0.2) is 11.2 Å². The van der Waals surface area contributed by atoms with Crippen molar-refractivity contribution in [3.63, 3.8) is 0 Å². The summed E-state index contributed by atoms with van der Waals surface area (Å²) in [7, 11) is 0. The van der Waals surface area contributed by atoms with Crippen LogP contribution in [0.5, 0.6) is 0 Å². The average molecular weight is 199 g/mol. The molecule has 0 saturated heterocycles. The van der Waals surface area contributed by atoms with Crippen LogP contribution in [0.15, 0.2) is 0 Å². The van der Waals surface area contributed by atoms with Crippen LogP contribution < -0.4 is 0 Å². The quantitative estimate of drug-likeness (QED) is 0.642. The summed E-state index contributed by atoms with van der Waals surface area (Å²) in [5, 5.41) is 0. The van der Waals surface area contributed by atoms with Crippen LogP contribution in [0.2, 0.25) is 0 Å². The van der Waals surface area contributed by atoms with Gasteiger partial charge < -0.3 is 0 Å². The monoisotopic (exact) mass is 198 g/mol. The lowest BCUT2D eigenvalue weighted by molar-refractivity contribution is 0.331. The molecular weight excluding hydrogens is 185 g/mol. The first-order chi connectivity index (χ1) is 4.46. The maximum Gasteiger partial charge on any atom is 0.387 e. The van der Waals surface area contributed by atoms with Crippen LogP contribution in [0.1, 0.15) is 27.7 Å². The predicted molar refractivity (Wildman–Crippen MR) is 52.2 cm³/mol. The van der Waals surface area contributed by atoms with Crippen LogP contribution >= 0.6 is 17.4 Å². The molecule has 0 spiro atoms. The van der Waals surface area contributed by atoms with E-state index in [1.807, 2.05) is 0 Å². The maximum atomic E-state index is 5.84. The molecule has 0 aromatic heterocycles. The molecule has 0 bridgehead atoms. The molecule has 60 valence electrons. The van der Waals surface area contributed by atoms with Gasteiger partial charge in [-0.2, -0.15) is 0 Å². The Labute approximate surface area is 74.0 Å². The molecule has 4 heteroatoms. The van der Waals surface area contributed by atoms with E-state index < -0.39 is 6.20 Å². The molecule has 10 heavy (non-hydrogen) atoms. The minimum Gasteiger partial charge on any atom is -0.0997 e. The number of rotatable bonds is 3. The van der Waals surface area contributed by atoms with Crippen molar-refractivity contribution in [3.05, 3.63) is 0 Å². The lowest BCUT2D eigenvalue weighted by atomic mass is 10.3. The van der Waals surface area contributed by atoms with Gasteiger partial charge in [-0.25, -0.2) is 0 Å². The lowest BCUT2D eigenvalue weighted by Crippen LogP contribution is -2.29. The van der Waals surface area contributed by atoms with E-state index in [9.17, 15) is 0 Å². The highest BCUT2D eigenvalue weighted by Gasteiger charge is 2.27. The molecule has 1 atom stereocenters. The van der Waals surface area contributed by atoms with Crippen LogP contribution in [0.25, 0.3) is 0 Å². The first-order valence-electron chi connectivity index (χ1n) is 3.38. The van der Waals surface area contributed by atoms with Gasteiger partial charge in [-0.1, -0.05) is 4.67 Å². The Morgan fingerprint density at radius 3 is 1.50 bits per heavy atom. The van der Waals surface area contributed by atoms with Crippen molar-refractivity contribution < 1.29 is 0 Å². The Hall–Kier alpha value is 0.770. The number of halogens is 1. The van der Waals surface area contributed by atoms with Crippen molar-refractivity contribution in [1.82, 2.24) is 4.67 Å². The summed E-state index contributed by atoms with van der Waals surface area (Å²) in [5.74, 6) is 0. The third-order valence-electron chi connectivity index (χ3n) is 1.24. The Morgan fingerprint density at radius 1 is 1.20 bits per heavy atom. The molecule has 0 aliphatic carbocycles. The molecule has 0 aromatic rings.